The zero-order valence-electron chi connectivity index (χ0n) is 20.9. The van der Waals surface area contributed by atoms with E-state index < -0.39 is 0 Å². The van der Waals surface area contributed by atoms with Crippen molar-refractivity contribution in [2.45, 2.75) is 38.6 Å². The molecule has 0 spiro atoms. The summed E-state index contributed by atoms with van der Waals surface area (Å²) >= 11 is 0. The molecule has 5 aromatic rings. The van der Waals surface area contributed by atoms with E-state index in [0.717, 1.165) is 47.2 Å². The van der Waals surface area contributed by atoms with Gasteiger partial charge in [-0.05, 0) is 36.4 Å². The van der Waals surface area contributed by atoms with E-state index in [4.69, 9.17) is 18.3 Å². The number of fused-ring (bicyclic) bond motifs is 2. The SMILES string of the molecule is c1coc(CN2Cc3ccccc3OC2c2ccc(C3Oc4ccccc4CN3Cc3ccco3)cc2)c1. The fourth-order valence-corrected chi connectivity index (χ4v) is 5.36. The number of ether oxygens (including phenoxy) is 2. The average Bonchev–Trinajstić information content (AvgIpc) is 3.67. The van der Waals surface area contributed by atoms with Crippen molar-refractivity contribution in [3.63, 3.8) is 0 Å². The third-order valence-corrected chi connectivity index (χ3v) is 7.22. The van der Waals surface area contributed by atoms with Crippen LogP contribution >= 0.6 is 0 Å². The summed E-state index contributed by atoms with van der Waals surface area (Å²) < 4.78 is 24.4. The molecule has 2 atom stereocenters. The Morgan fingerprint density at radius 1 is 0.526 bits per heavy atom. The van der Waals surface area contributed by atoms with Gasteiger partial charge in [-0.1, -0.05) is 60.7 Å². The second-order valence-corrected chi connectivity index (χ2v) is 9.79. The number of hydrogen-bond acceptors (Lipinski definition) is 6. The Morgan fingerprint density at radius 2 is 0.974 bits per heavy atom. The predicted molar refractivity (Wildman–Crippen MR) is 142 cm³/mol. The monoisotopic (exact) mass is 504 g/mol. The van der Waals surface area contributed by atoms with E-state index in [2.05, 4.69) is 58.3 Å². The van der Waals surface area contributed by atoms with E-state index in [9.17, 15) is 0 Å². The molecular weight excluding hydrogens is 476 g/mol. The fraction of sp³-hybridized carbons (Fsp3) is 0.188. The summed E-state index contributed by atoms with van der Waals surface area (Å²) in [7, 11) is 0. The number of benzene rings is 3. The van der Waals surface area contributed by atoms with Gasteiger partial charge in [0.25, 0.3) is 0 Å². The maximum Gasteiger partial charge on any atom is 0.179 e. The van der Waals surface area contributed by atoms with Crippen molar-refractivity contribution in [2.24, 2.45) is 0 Å². The van der Waals surface area contributed by atoms with Crippen LogP contribution in [0.5, 0.6) is 11.5 Å². The number of furan rings is 2. The molecule has 0 fully saturated rings. The van der Waals surface area contributed by atoms with Gasteiger partial charge in [0.15, 0.2) is 12.5 Å². The molecule has 2 aliphatic rings. The molecule has 0 amide bonds. The van der Waals surface area contributed by atoms with Crippen LogP contribution in [0, 0.1) is 0 Å². The van der Waals surface area contributed by atoms with Gasteiger partial charge in [-0.25, -0.2) is 0 Å². The molecule has 0 N–H and O–H groups in total. The highest BCUT2D eigenvalue weighted by Crippen LogP contribution is 2.39. The van der Waals surface area contributed by atoms with Gasteiger partial charge < -0.3 is 18.3 Å². The van der Waals surface area contributed by atoms with Crippen molar-refractivity contribution < 1.29 is 18.3 Å². The summed E-state index contributed by atoms with van der Waals surface area (Å²) in [6, 6.07) is 32.9. The van der Waals surface area contributed by atoms with Crippen LogP contribution in [0.2, 0.25) is 0 Å². The Hall–Kier alpha value is -4.26. The minimum absolute atomic E-state index is 0.226. The molecule has 6 nitrogen and oxygen atoms in total. The largest absolute Gasteiger partial charge is 0.471 e. The van der Waals surface area contributed by atoms with Gasteiger partial charge in [-0.3, -0.25) is 9.80 Å². The molecule has 0 radical (unpaired) electrons. The number of hydrogen-bond donors (Lipinski definition) is 0. The Bertz CT molecular complexity index is 1380. The zero-order valence-corrected chi connectivity index (χ0v) is 20.9. The molecule has 0 saturated heterocycles. The second-order valence-electron chi connectivity index (χ2n) is 9.79. The lowest BCUT2D eigenvalue weighted by Gasteiger charge is -2.38. The van der Waals surface area contributed by atoms with Crippen molar-refractivity contribution in [2.75, 3.05) is 0 Å². The minimum atomic E-state index is -0.226. The molecule has 190 valence electrons. The van der Waals surface area contributed by atoms with E-state index in [-0.39, 0.29) is 12.5 Å². The second kappa shape index (κ2) is 9.89. The van der Waals surface area contributed by atoms with Gasteiger partial charge in [0.05, 0.1) is 25.6 Å². The van der Waals surface area contributed by atoms with Crippen molar-refractivity contribution >= 4 is 0 Å². The normalized spacial score (nSPS) is 19.3. The van der Waals surface area contributed by atoms with Gasteiger partial charge in [-0.15, -0.1) is 0 Å². The lowest BCUT2D eigenvalue weighted by Crippen LogP contribution is -2.36. The summed E-state index contributed by atoms with van der Waals surface area (Å²) in [4.78, 5) is 4.60. The molecule has 7 rings (SSSR count). The number of nitrogens with zero attached hydrogens (tertiary/aromatic N) is 2. The highest BCUT2D eigenvalue weighted by molar-refractivity contribution is 5.38. The van der Waals surface area contributed by atoms with Crippen molar-refractivity contribution in [3.05, 3.63) is 143 Å². The maximum atomic E-state index is 6.53. The molecule has 0 saturated carbocycles. The molecule has 38 heavy (non-hydrogen) atoms. The van der Waals surface area contributed by atoms with Gasteiger partial charge in [0, 0.05) is 35.3 Å². The first-order valence-corrected chi connectivity index (χ1v) is 12.9. The highest BCUT2D eigenvalue weighted by Gasteiger charge is 2.32. The molecule has 4 heterocycles. The summed E-state index contributed by atoms with van der Waals surface area (Å²) in [5, 5.41) is 0. The number of para-hydroxylation sites is 2. The number of rotatable bonds is 6. The van der Waals surface area contributed by atoms with Crippen molar-refractivity contribution in [3.8, 4) is 11.5 Å². The lowest BCUT2D eigenvalue weighted by molar-refractivity contribution is -0.0151. The van der Waals surface area contributed by atoms with Gasteiger partial charge in [0.1, 0.15) is 23.0 Å². The predicted octanol–water partition coefficient (Wildman–Crippen LogP) is 7.06. The molecule has 2 aromatic heterocycles. The molecule has 2 unspecified atom stereocenters. The smallest absolute Gasteiger partial charge is 0.179 e. The average molecular weight is 505 g/mol. The first-order valence-electron chi connectivity index (χ1n) is 12.9. The third-order valence-electron chi connectivity index (χ3n) is 7.22. The Morgan fingerprint density at radius 3 is 1.39 bits per heavy atom. The van der Waals surface area contributed by atoms with Crippen LogP contribution in [0.25, 0.3) is 0 Å². The van der Waals surface area contributed by atoms with E-state index in [1.54, 1.807) is 12.5 Å². The highest BCUT2D eigenvalue weighted by atomic mass is 16.5. The molecule has 6 heteroatoms. The standard InChI is InChI=1S/C32H28N2O4/c1-3-11-29-25(7-1)19-33(21-27-9-5-17-35-27)31(37-29)23-13-15-24(16-14-23)32-34(22-28-10-6-18-36-28)20-26-8-2-4-12-30(26)38-32/h1-18,31-32H,19-22H2. The summed E-state index contributed by atoms with van der Waals surface area (Å²) in [5.41, 5.74) is 4.52. The van der Waals surface area contributed by atoms with Crippen LogP contribution in [0.3, 0.4) is 0 Å². The Kier molecular flexibility index (Phi) is 5.96. The summed E-state index contributed by atoms with van der Waals surface area (Å²) in [5.74, 6) is 3.68. The van der Waals surface area contributed by atoms with Gasteiger partial charge >= 0.3 is 0 Å². The lowest BCUT2D eigenvalue weighted by atomic mass is 10.0. The summed E-state index contributed by atoms with van der Waals surface area (Å²) in [6.45, 7) is 2.88. The van der Waals surface area contributed by atoms with Gasteiger partial charge in [0.2, 0.25) is 0 Å². The summed E-state index contributed by atoms with van der Waals surface area (Å²) in [6.07, 6.45) is 2.98. The van der Waals surface area contributed by atoms with E-state index in [1.165, 1.54) is 11.1 Å². The van der Waals surface area contributed by atoms with Crippen molar-refractivity contribution in [1.29, 1.82) is 0 Å². The topological polar surface area (TPSA) is 51.2 Å². The third kappa shape index (κ3) is 4.49. The van der Waals surface area contributed by atoms with Crippen LogP contribution in [0.4, 0.5) is 0 Å². The molecule has 0 aliphatic carbocycles. The van der Waals surface area contributed by atoms with Gasteiger partial charge in [-0.2, -0.15) is 0 Å². The molecular formula is C32H28N2O4. The fourth-order valence-electron chi connectivity index (χ4n) is 5.36. The first kappa shape index (κ1) is 22.9. The molecule has 3 aromatic carbocycles. The Balaban J connectivity index is 1.18. The molecule has 0 bridgehead atoms. The zero-order chi connectivity index (χ0) is 25.3. The first-order chi connectivity index (χ1) is 18.8. The van der Waals surface area contributed by atoms with Crippen molar-refractivity contribution in [1.82, 2.24) is 9.80 Å². The van der Waals surface area contributed by atoms with Crippen LogP contribution in [0.1, 0.15) is 46.2 Å². The minimum Gasteiger partial charge on any atom is -0.471 e. The van der Waals surface area contributed by atoms with Crippen LogP contribution in [0.15, 0.2) is 118 Å². The van der Waals surface area contributed by atoms with Crippen LogP contribution < -0.4 is 9.47 Å². The molecule has 2 aliphatic heterocycles. The maximum absolute atomic E-state index is 6.53. The van der Waals surface area contributed by atoms with Crippen LogP contribution in [-0.4, -0.2) is 9.80 Å². The van der Waals surface area contributed by atoms with E-state index >= 15 is 0 Å². The van der Waals surface area contributed by atoms with E-state index in [0.29, 0.717) is 13.1 Å². The quantitative estimate of drug-likeness (QED) is 0.247. The van der Waals surface area contributed by atoms with Crippen LogP contribution in [-0.2, 0) is 26.2 Å². The van der Waals surface area contributed by atoms with E-state index in [1.807, 2.05) is 48.5 Å². The Labute approximate surface area is 221 Å².